The number of ether oxygens (including phenoxy) is 1. The van der Waals surface area contributed by atoms with Gasteiger partial charge in [0.15, 0.2) is 11.6 Å². The van der Waals surface area contributed by atoms with E-state index in [1.807, 2.05) is 0 Å². The van der Waals surface area contributed by atoms with E-state index >= 15 is 0 Å². The summed E-state index contributed by atoms with van der Waals surface area (Å²) in [4.78, 5) is 10.4. The van der Waals surface area contributed by atoms with Gasteiger partial charge in [-0.05, 0) is 28.1 Å². The van der Waals surface area contributed by atoms with Crippen molar-refractivity contribution in [1.29, 1.82) is 0 Å². The van der Waals surface area contributed by atoms with Gasteiger partial charge in [0.1, 0.15) is 0 Å². The summed E-state index contributed by atoms with van der Waals surface area (Å²) in [6.45, 7) is 0. The topological polar surface area (TPSA) is 52.4 Å². The van der Waals surface area contributed by atoms with Crippen LogP contribution in [-0.4, -0.2) is 4.92 Å². The Morgan fingerprint density at radius 3 is 2.55 bits per heavy atom. The second kappa shape index (κ2) is 6.32. The molecule has 2 aromatic carbocycles. The molecule has 0 bridgehead atoms. The van der Waals surface area contributed by atoms with Crippen LogP contribution in [0.15, 0.2) is 40.9 Å². The largest absolute Gasteiger partial charge is 0.446 e. The van der Waals surface area contributed by atoms with Crippen molar-refractivity contribution in [2.75, 3.05) is 0 Å². The van der Waals surface area contributed by atoms with E-state index in [0.717, 1.165) is 0 Å². The molecule has 0 unspecified atom stereocenters. The Morgan fingerprint density at radius 2 is 1.90 bits per heavy atom. The van der Waals surface area contributed by atoms with Crippen molar-refractivity contribution in [3.05, 3.63) is 62.4 Å². The molecule has 0 atom stereocenters. The van der Waals surface area contributed by atoms with Gasteiger partial charge in [0, 0.05) is 17.0 Å². The monoisotopic (exact) mass is 403 g/mol. The number of benzene rings is 2. The number of rotatable bonds is 4. The molecule has 2 rings (SSSR count). The number of hydrogen-bond donors (Lipinski definition) is 0. The van der Waals surface area contributed by atoms with E-state index in [-0.39, 0.29) is 17.2 Å². The van der Waals surface area contributed by atoms with Gasteiger partial charge in [-0.3, -0.25) is 10.1 Å². The highest BCUT2D eigenvalue weighted by Gasteiger charge is 2.21. The van der Waals surface area contributed by atoms with Crippen LogP contribution in [0.1, 0.15) is 5.56 Å². The van der Waals surface area contributed by atoms with E-state index in [4.69, 9.17) is 4.74 Å². The number of hydrogen-bond acceptors (Lipinski definition) is 3. The zero-order valence-electron chi connectivity index (χ0n) is 9.98. The minimum absolute atomic E-state index is 0.0233. The van der Waals surface area contributed by atoms with Crippen LogP contribution in [0.4, 0.5) is 10.1 Å². The molecule has 0 aliphatic carbocycles. The van der Waals surface area contributed by atoms with Crippen LogP contribution in [0.25, 0.3) is 0 Å². The zero-order valence-corrected chi connectivity index (χ0v) is 13.1. The summed E-state index contributed by atoms with van der Waals surface area (Å²) in [6, 6.07) is 8.88. The Bertz CT molecular complexity index is 664. The van der Waals surface area contributed by atoms with Crippen molar-refractivity contribution in [2.24, 2.45) is 0 Å². The minimum atomic E-state index is -0.577. The lowest BCUT2D eigenvalue weighted by molar-refractivity contribution is -0.385. The fraction of sp³-hybridized carbons (Fsp3) is 0.0769. The first-order valence-corrected chi connectivity index (χ1v) is 7.40. The molecule has 0 fully saturated rings. The predicted molar refractivity (Wildman–Crippen MR) is 79.9 cm³/mol. The molecule has 0 aliphatic heterocycles. The number of alkyl halides is 1. The van der Waals surface area contributed by atoms with Gasteiger partial charge in [0.25, 0.3) is 0 Å². The lowest BCUT2D eigenvalue weighted by Gasteiger charge is -2.12. The molecule has 2 aromatic rings. The maximum atomic E-state index is 13.9. The molecule has 0 aromatic heterocycles. The molecule has 104 valence electrons. The molecule has 0 spiro atoms. The highest BCUT2D eigenvalue weighted by Crippen LogP contribution is 2.40. The van der Waals surface area contributed by atoms with Crippen molar-refractivity contribution < 1.29 is 14.1 Å². The van der Waals surface area contributed by atoms with Crippen molar-refractivity contribution in [3.8, 4) is 11.5 Å². The molecular formula is C13H8Br2FNO3. The van der Waals surface area contributed by atoms with E-state index in [0.29, 0.717) is 15.4 Å². The lowest BCUT2D eigenvalue weighted by Crippen LogP contribution is -1.98. The van der Waals surface area contributed by atoms with Crippen LogP contribution in [0.5, 0.6) is 11.5 Å². The van der Waals surface area contributed by atoms with Gasteiger partial charge >= 0.3 is 5.69 Å². The summed E-state index contributed by atoms with van der Waals surface area (Å²) in [6.07, 6.45) is 0. The van der Waals surface area contributed by atoms with Crippen LogP contribution in [0.2, 0.25) is 0 Å². The van der Waals surface area contributed by atoms with E-state index in [1.165, 1.54) is 18.2 Å². The van der Waals surface area contributed by atoms with Crippen LogP contribution < -0.4 is 4.74 Å². The number of nitro groups is 1. The molecule has 0 saturated heterocycles. The second-order valence-electron chi connectivity index (χ2n) is 3.81. The highest BCUT2D eigenvalue weighted by atomic mass is 79.9. The van der Waals surface area contributed by atoms with Crippen LogP contribution in [0.3, 0.4) is 0 Å². The predicted octanol–water partition coefficient (Wildman–Crippen LogP) is 5.18. The third-order valence-electron chi connectivity index (χ3n) is 2.54. The fourth-order valence-corrected chi connectivity index (χ4v) is 2.50. The molecule has 20 heavy (non-hydrogen) atoms. The van der Waals surface area contributed by atoms with Crippen molar-refractivity contribution >= 4 is 37.5 Å². The average Bonchev–Trinajstić information content (AvgIpc) is 2.42. The molecule has 0 saturated carbocycles. The van der Waals surface area contributed by atoms with E-state index in [2.05, 4.69) is 31.9 Å². The maximum absolute atomic E-state index is 13.9. The molecular weight excluding hydrogens is 397 g/mol. The number of para-hydroxylation sites is 2. The fourth-order valence-electron chi connectivity index (χ4n) is 1.62. The van der Waals surface area contributed by atoms with Crippen LogP contribution >= 0.6 is 31.9 Å². The Hall–Kier alpha value is -1.47. The summed E-state index contributed by atoms with van der Waals surface area (Å²) in [7, 11) is 0. The van der Waals surface area contributed by atoms with E-state index in [1.54, 1.807) is 18.2 Å². The summed E-state index contributed by atoms with van der Waals surface area (Å²) in [5, 5.41) is 11.4. The van der Waals surface area contributed by atoms with Gasteiger partial charge in [-0.2, -0.15) is 0 Å². The number of halogens is 3. The van der Waals surface area contributed by atoms with Gasteiger partial charge in [0.2, 0.25) is 5.75 Å². The third kappa shape index (κ3) is 2.99. The normalized spacial score (nSPS) is 10.3. The first-order chi connectivity index (χ1) is 9.54. The smallest absolute Gasteiger partial charge is 0.312 e. The summed E-state index contributed by atoms with van der Waals surface area (Å²) < 4.78 is 19.7. The van der Waals surface area contributed by atoms with Crippen LogP contribution in [0, 0.1) is 15.9 Å². The van der Waals surface area contributed by atoms with Crippen LogP contribution in [-0.2, 0) is 5.33 Å². The Balaban J connectivity index is 2.53. The zero-order chi connectivity index (χ0) is 14.7. The maximum Gasteiger partial charge on any atom is 0.312 e. The standard InChI is InChI=1S/C13H8Br2FNO3/c14-7-8-3-1-5-10(16)12(8)20-13-9(15)4-2-6-11(13)17(18)19/h1-6H,7H2. The van der Waals surface area contributed by atoms with E-state index < -0.39 is 10.7 Å². The van der Waals surface area contributed by atoms with Crippen molar-refractivity contribution in [2.45, 2.75) is 5.33 Å². The molecule has 0 heterocycles. The molecule has 0 aliphatic rings. The number of nitrogens with zero attached hydrogens (tertiary/aromatic N) is 1. The molecule has 0 radical (unpaired) electrons. The van der Waals surface area contributed by atoms with Gasteiger partial charge in [-0.15, -0.1) is 0 Å². The molecule has 7 heteroatoms. The van der Waals surface area contributed by atoms with Gasteiger partial charge < -0.3 is 4.74 Å². The van der Waals surface area contributed by atoms with Crippen molar-refractivity contribution in [1.82, 2.24) is 0 Å². The Kier molecular flexibility index (Phi) is 4.72. The van der Waals surface area contributed by atoms with Gasteiger partial charge in [-0.25, -0.2) is 4.39 Å². The van der Waals surface area contributed by atoms with E-state index in [9.17, 15) is 14.5 Å². The summed E-state index contributed by atoms with van der Waals surface area (Å²) in [5.41, 5.74) is 0.332. The summed E-state index contributed by atoms with van der Waals surface area (Å²) >= 11 is 6.41. The Morgan fingerprint density at radius 1 is 1.20 bits per heavy atom. The van der Waals surface area contributed by atoms with Crippen molar-refractivity contribution in [3.63, 3.8) is 0 Å². The molecule has 0 amide bonds. The average molecular weight is 405 g/mol. The quantitative estimate of drug-likeness (QED) is 0.400. The Labute approximate surface area is 131 Å². The molecule has 4 nitrogen and oxygen atoms in total. The number of nitro benzene ring substituents is 1. The highest BCUT2D eigenvalue weighted by molar-refractivity contribution is 9.10. The second-order valence-corrected chi connectivity index (χ2v) is 5.22. The first-order valence-electron chi connectivity index (χ1n) is 5.48. The minimum Gasteiger partial charge on any atom is -0.446 e. The molecule has 0 N–H and O–H groups in total. The first kappa shape index (κ1) is 14.9. The van der Waals surface area contributed by atoms with Gasteiger partial charge in [0.05, 0.1) is 9.40 Å². The SMILES string of the molecule is O=[N+]([O-])c1cccc(Br)c1Oc1c(F)cccc1CBr. The summed E-state index contributed by atoms with van der Waals surface area (Å²) in [5.74, 6) is -0.629. The third-order valence-corrected chi connectivity index (χ3v) is 3.77. The van der Waals surface area contributed by atoms with Gasteiger partial charge in [-0.1, -0.05) is 34.1 Å². The lowest BCUT2D eigenvalue weighted by atomic mass is 10.2.